The van der Waals surface area contributed by atoms with Crippen LogP contribution in [0.5, 0.6) is 5.75 Å². The van der Waals surface area contributed by atoms with E-state index < -0.39 is 18.1 Å². The predicted octanol–water partition coefficient (Wildman–Crippen LogP) is 7.05. The smallest absolute Gasteiger partial charge is 0.478 e. The predicted molar refractivity (Wildman–Crippen MR) is 145 cm³/mol. The molecule has 0 radical (unpaired) electrons. The standard InChI is InChI=1S/C21H23F3N2O3.C8H4FNO2S/c22-21(23,24)28-18-4-2-1-3-16(18)19-17(20(29-26-19)12-5-6-12)11-27-15-9-13-7-8-14(10-15)25-13;9-5-1-4(8(11)12)2-6-7(5)10-3-13-6/h1-4,12-15,25H,5-11H2;1-3H,(H,11,12). The van der Waals surface area contributed by atoms with Crippen molar-refractivity contribution in [2.45, 2.75) is 75.6 Å². The Bertz CT molecular complexity index is 1570. The number of carboxylic acid groups (broad SMARTS) is 1. The number of carboxylic acids is 1. The van der Waals surface area contributed by atoms with Crippen molar-refractivity contribution in [2.75, 3.05) is 0 Å². The molecular formula is C29H27F4N3O5S. The van der Waals surface area contributed by atoms with Crippen LogP contribution in [-0.4, -0.2) is 45.8 Å². The van der Waals surface area contributed by atoms with Gasteiger partial charge in [-0.15, -0.1) is 24.5 Å². The van der Waals surface area contributed by atoms with Crippen LogP contribution in [0.3, 0.4) is 0 Å². The molecule has 2 aromatic carbocycles. The van der Waals surface area contributed by atoms with Gasteiger partial charge in [-0.05, 0) is 62.8 Å². The van der Waals surface area contributed by atoms with Crippen molar-refractivity contribution in [3.8, 4) is 17.0 Å². The number of thiazole rings is 1. The maximum atomic E-state index is 13.1. The van der Waals surface area contributed by atoms with Crippen LogP contribution in [0.15, 0.2) is 46.4 Å². The second kappa shape index (κ2) is 11.6. The van der Waals surface area contributed by atoms with E-state index in [4.69, 9.17) is 14.4 Å². The van der Waals surface area contributed by atoms with Crippen LogP contribution < -0.4 is 10.1 Å². The molecule has 13 heteroatoms. The average Bonchev–Trinajstić information content (AvgIpc) is 3.35. The van der Waals surface area contributed by atoms with Gasteiger partial charge in [0.25, 0.3) is 0 Å². The van der Waals surface area contributed by atoms with Gasteiger partial charge in [-0.2, -0.15) is 0 Å². The number of para-hydroxylation sites is 1. The largest absolute Gasteiger partial charge is 0.573 e. The molecule has 8 nitrogen and oxygen atoms in total. The van der Waals surface area contributed by atoms with Gasteiger partial charge in [0.1, 0.15) is 22.7 Å². The first-order valence-electron chi connectivity index (χ1n) is 13.6. The Kier molecular flexibility index (Phi) is 7.90. The Morgan fingerprint density at radius 2 is 1.86 bits per heavy atom. The molecule has 2 atom stereocenters. The van der Waals surface area contributed by atoms with Crippen LogP contribution in [-0.2, 0) is 11.3 Å². The second-order valence-electron chi connectivity index (χ2n) is 10.7. The maximum absolute atomic E-state index is 13.1. The summed E-state index contributed by atoms with van der Waals surface area (Å²) in [5, 5.41) is 16.3. The molecule has 1 aliphatic carbocycles. The van der Waals surface area contributed by atoms with Crippen molar-refractivity contribution in [2.24, 2.45) is 0 Å². The van der Waals surface area contributed by atoms with Gasteiger partial charge in [0.2, 0.25) is 0 Å². The maximum Gasteiger partial charge on any atom is 0.573 e. The molecule has 2 unspecified atom stereocenters. The number of fused-ring (bicyclic) bond motifs is 3. The summed E-state index contributed by atoms with van der Waals surface area (Å²) in [4.78, 5) is 14.3. The number of hydrogen-bond acceptors (Lipinski definition) is 8. The highest BCUT2D eigenvalue weighted by atomic mass is 32.1. The SMILES string of the molecule is FC(F)(F)Oc1ccccc1-c1noc(C2CC2)c1COC1CC2CCC(C1)N2.O=C(O)c1cc(F)c2ncsc2c1. The molecule has 42 heavy (non-hydrogen) atoms. The first-order chi connectivity index (χ1) is 20.1. The first-order valence-corrected chi connectivity index (χ1v) is 14.5. The van der Waals surface area contributed by atoms with Crippen molar-refractivity contribution in [1.29, 1.82) is 0 Å². The normalized spacial score (nSPS) is 21.7. The number of nitrogens with zero attached hydrogens (tertiary/aromatic N) is 2. The van der Waals surface area contributed by atoms with Crippen molar-refractivity contribution in [3.05, 3.63) is 64.6 Å². The number of piperidine rings is 1. The van der Waals surface area contributed by atoms with Crippen LogP contribution in [0.2, 0.25) is 0 Å². The number of alkyl halides is 3. The lowest BCUT2D eigenvalue weighted by atomic mass is 10.0. The summed E-state index contributed by atoms with van der Waals surface area (Å²) in [5.41, 5.74) is 3.06. The van der Waals surface area contributed by atoms with Gasteiger partial charge < -0.3 is 24.4 Å². The minimum atomic E-state index is -4.77. The molecule has 4 heterocycles. The Morgan fingerprint density at radius 1 is 1.12 bits per heavy atom. The molecule has 3 fully saturated rings. The van der Waals surface area contributed by atoms with E-state index in [1.807, 2.05) is 0 Å². The van der Waals surface area contributed by atoms with E-state index in [-0.39, 0.29) is 41.0 Å². The summed E-state index contributed by atoms with van der Waals surface area (Å²) in [6.45, 7) is 0.287. The van der Waals surface area contributed by atoms with Crippen molar-refractivity contribution in [3.63, 3.8) is 0 Å². The number of carbonyl (C=O) groups is 1. The number of nitrogens with one attached hydrogen (secondary N) is 1. The zero-order valence-electron chi connectivity index (χ0n) is 22.2. The van der Waals surface area contributed by atoms with Gasteiger partial charge in [-0.1, -0.05) is 17.3 Å². The minimum Gasteiger partial charge on any atom is -0.478 e. The molecule has 3 aliphatic rings. The quantitative estimate of drug-likeness (QED) is 0.216. The van der Waals surface area contributed by atoms with Crippen molar-refractivity contribution in [1.82, 2.24) is 15.5 Å². The van der Waals surface area contributed by atoms with E-state index in [2.05, 4.69) is 20.2 Å². The van der Waals surface area contributed by atoms with E-state index in [0.717, 1.165) is 43.1 Å². The van der Waals surface area contributed by atoms with E-state index in [1.54, 1.807) is 12.1 Å². The highest BCUT2D eigenvalue weighted by Crippen LogP contribution is 2.46. The molecule has 222 valence electrons. The third-order valence-corrected chi connectivity index (χ3v) is 8.44. The van der Waals surface area contributed by atoms with Gasteiger partial charge >= 0.3 is 12.3 Å². The van der Waals surface area contributed by atoms with Crippen LogP contribution in [0.4, 0.5) is 17.6 Å². The topological polar surface area (TPSA) is 107 Å². The molecule has 2 aliphatic heterocycles. The molecule has 2 bridgehead atoms. The number of ether oxygens (including phenoxy) is 2. The summed E-state index contributed by atoms with van der Waals surface area (Å²) in [7, 11) is 0. The van der Waals surface area contributed by atoms with E-state index in [9.17, 15) is 22.4 Å². The Labute approximate surface area is 241 Å². The molecule has 0 spiro atoms. The Morgan fingerprint density at radius 3 is 2.55 bits per heavy atom. The molecular weight excluding hydrogens is 578 g/mol. The Hall–Kier alpha value is -3.55. The zero-order valence-corrected chi connectivity index (χ0v) is 23.0. The van der Waals surface area contributed by atoms with Crippen molar-refractivity contribution >= 4 is 27.5 Å². The van der Waals surface area contributed by atoms with Gasteiger partial charge in [-0.3, -0.25) is 0 Å². The monoisotopic (exact) mass is 605 g/mol. The number of aromatic carboxylic acids is 1. The van der Waals surface area contributed by atoms with Crippen LogP contribution in [0.25, 0.3) is 21.5 Å². The first kappa shape index (κ1) is 28.6. The van der Waals surface area contributed by atoms with Crippen LogP contribution >= 0.6 is 11.3 Å². The number of halogens is 4. The minimum absolute atomic E-state index is 0.0470. The second-order valence-corrected chi connectivity index (χ2v) is 11.6. The number of hydrogen-bond donors (Lipinski definition) is 2. The highest BCUT2D eigenvalue weighted by molar-refractivity contribution is 7.16. The lowest BCUT2D eigenvalue weighted by Gasteiger charge is -2.29. The van der Waals surface area contributed by atoms with Crippen LogP contribution in [0, 0.1) is 5.82 Å². The highest BCUT2D eigenvalue weighted by Gasteiger charge is 2.37. The fraction of sp³-hybridized carbons (Fsp3) is 0.414. The average molecular weight is 606 g/mol. The lowest BCUT2D eigenvalue weighted by molar-refractivity contribution is -0.274. The van der Waals surface area contributed by atoms with Gasteiger partial charge in [0.15, 0.2) is 5.82 Å². The molecule has 7 rings (SSSR count). The summed E-state index contributed by atoms with van der Waals surface area (Å²) >= 11 is 1.22. The third kappa shape index (κ3) is 6.42. The number of aromatic nitrogens is 2. The fourth-order valence-electron chi connectivity index (χ4n) is 5.61. The molecule has 4 aromatic rings. The van der Waals surface area contributed by atoms with E-state index in [0.29, 0.717) is 22.5 Å². The Balaban J connectivity index is 0.000000203. The van der Waals surface area contributed by atoms with E-state index in [1.165, 1.54) is 47.9 Å². The molecule has 2 aromatic heterocycles. The summed E-state index contributed by atoms with van der Waals surface area (Å²) in [5.74, 6) is -0.990. The lowest BCUT2D eigenvalue weighted by Crippen LogP contribution is -2.41. The molecule has 2 N–H and O–H groups in total. The zero-order chi connectivity index (χ0) is 29.4. The fourth-order valence-corrected chi connectivity index (χ4v) is 6.33. The van der Waals surface area contributed by atoms with Gasteiger partial charge in [0, 0.05) is 29.1 Å². The molecule has 2 saturated heterocycles. The number of benzene rings is 2. The number of rotatable bonds is 7. The van der Waals surface area contributed by atoms with Gasteiger partial charge in [-0.25, -0.2) is 14.2 Å². The summed E-state index contributed by atoms with van der Waals surface area (Å²) in [6.07, 6.45) is 1.65. The van der Waals surface area contributed by atoms with Gasteiger partial charge in [0.05, 0.1) is 28.5 Å². The molecule has 0 amide bonds. The summed E-state index contributed by atoms with van der Waals surface area (Å²) in [6, 6.07) is 9.44. The molecule has 1 saturated carbocycles. The van der Waals surface area contributed by atoms with Crippen molar-refractivity contribution < 1.29 is 41.5 Å². The van der Waals surface area contributed by atoms with E-state index >= 15 is 0 Å². The summed E-state index contributed by atoms with van der Waals surface area (Å²) < 4.78 is 68.3. The third-order valence-electron chi connectivity index (χ3n) is 7.66. The van der Waals surface area contributed by atoms with Crippen LogP contribution in [0.1, 0.15) is 66.1 Å².